The maximum absolute atomic E-state index is 12.6. The molecule has 19 heavy (non-hydrogen) atoms. The minimum absolute atomic E-state index is 0.0568. The second-order valence-electron chi connectivity index (χ2n) is 5.60. The maximum atomic E-state index is 12.6. The molecular weight excluding hydrogens is 244 g/mol. The third-order valence-electron chi connectivity index (χ3n) is 3.98. The summed E-state index contributed by atoms with van der Waals surface area (Å²) < 4.78 is 0. The molecule has 0 aromatic heterocycles. The average Bonchev–Trinajstić information content (AvgIpc) is 3.20. The molecule has 0 bridgehead atoms. The molecule has 0 aromatic rings. The molecule has 1 aliphatic heterocycles. The monoisotopic (exact) mass is 268 g/mol. The van der Waals surface area contributed by atoms with Crippen LogP contribution in [-0.4, -0.2) is 52.1 Å². The van der Waals surface area contributed by atoms with Crippen LogP contribution in [0.2, 0.25) is 0 Å². The molecule has 1 aliphatic carbocycles. The number of urea groups is 1. The molecule has 2 rings (SSSR count). The molecule has 0 spiro atoms. The third-order valence-corrected chi connectivity index (χ3v) is 3.98. The van der Waals surface area contributed by atoms with Crippen molar-refractivity contribution in [3.63, 3.8) is 0 Å². The van der Waals surface area contributed by atoms with Crippen molar-refractivity contribution < 1.29 is 14.7 Å². The fraction of sp³-hybridized carbons (Fsp3) is 0.857. The van der Waals surface area contributed by atoms with E-state index in [1.807, 2.05) is 4.90 Å². The first-order valence-electron chi connectivity index (χ1n) is 7.45. The Hall–Kier alpha value is -1.26. The fourth-order valence-corrected chi connectivity index (χ4v) is 2.82. The Balaban J connectivity index is 2.10. The number of carboxylic acid groups (broad SMARTS) is 1. The summed E-state index contributed by atoms with van der Waals surface area (Å²) in [7, 11) is 0. The van der Waals surface area contributed by atoms with Crippen LogP contribution >= 0.6 is 0 Å². The molecule has 1 atom stereocenters. The normalized spacial score (nSPS) is 23.8. The maximum Gasteiger partial charge on any atom is 0.326 e. The van der Waals surface area contributed by atoms with E-state index in [-0.39, 0.29) is 6.03 Å². The Morgan fingerprint density at radius 2 is 1.95 bits per heavy atom. The number of nitrogens with zero attached hydrogens (tertiary/aromatic N) is 2. The number of carbonyl (C=O) groups is 2. The van der Waals surface area contributed by atoms with Gasteiger partial charge in [0.1, 0.15) is 6.04 Å². The zero-order chi connectivity index (χ0) is 13.8. The average molecular weight is 268 g/mol. The van der Waals surface area contributed by atoms with Crippen molar-refractivity contribution >= 4 is 12.0 Å². The molecule has 1 N–H and O–H groups in total. The zero-order valence-electron chi connectivity index (χ0n) is 11.7. The largest absolute Gasteiger partial charge is 0.480 e. The highest BCUT2D eigenvalue weighted by Gasteiger charge is 2.38. The lowest BCUT2D eigenvalue weighted by Gasteiger charge is -2.33. The summed E-state index contributed by atoms with van der Waals surface area (Å²) in [5.74, 6) is -0.859. The molecular formula is C14H24N2O3. The Labute approximate surface area is 114 Å². The highest BCUT2D eigenvalue weighted by Crippen LogP contribution is 2.29. The molecule has 1 unspecified atom stereocenters. The van der Waals surface area contributed by atoms with Crippen LogP contribution in [0.3, 0.4) is 0 Å². The summed E-state index contributed by atoms with van der Waals surface area (Å²) in [5, 5.41) is 9.34. The number of carboxylic acids is 1. The smallest absolute Gasteiger partial charge is 0.326 e. The summed E-state index contributed by atoms with van der Waals surface area (Å²) in [6.07, 6.45) is 6.48. The number of amides is 2. The van der Waals surface area contributed by atoms with Gasteiger partial charge in [-0.3, -0.25) is 0 Å². The van der Waals surface area contributed by atoms with E-state index < -0.39 is 12.0 Å². The van der Waals surface area contributed by atoms with Crippen LogP contribution in [0.4, 0.5) is 4.79 Å². The van der Waals surface area contributed by atoms with Crippen molar-refractivity contribution in [2.45, 2.75) is 64.0 Å². The molecule has 5 heteroatoms. The van der Waals surface area contributed by atoms with E-state index in [0.717, 1.165) is 45.1 Å². The van der Waals surface area contributed by atoms with E-state index in [0.29, 0.717) is 19.0 Å². The Bertz CT molecular complexity index is 342. The lowest BCUT2D eigenvalue weighted by Crippen LogP contribution is -2.51. The topological polar surface area (TPSA) is 60.9 Å². The van der Waals surface area contributed by atoms with E-state index in [1.54, 1.807) is 4.90 Å². The highest BCUT2D eigenvalue weighted by molar-refractivity contribution is 5.83. The van der Waals surface area contributed by atoms with Gasteiger partial charge in [0, 0.05) is 19.1 Å². The molecule has 2 aliphatic rings. The number of aliphatic carboxylic acids is 1. The third kappa shape index (κ3) is 3.39. The predicted molar refractivity (Wildman–Crippen MR) is 72.0 cm³/mol. The second kappa shape index (κ2) is 6.26. The molecule has 1 saturated carbocycles. The predicted octanol–water partition coefficient (Wildman–Crippen LogP) is 2.31. The number of likely N-dealkylation sites (tertiary alicyclic amines) is 1. The molecule has 2 amide bonds. The highest BCUT2D eigenvalue weighted by atomic mass is 16.4. The standard InChI is InChI=1S/C14H24N2O3/c1-2-9-15(11-7-8-11)14(19)16-10-5-3-4-6-12(16)13(17)18/h11-12H,2-10H2,1H3,(H,17,18). The van der Waals surface area contributed by atoms with Gasteiger partial charge in [-0.05, 0) is 32.1 Å². The van der Waals surface area contributed by atoms with Gasteiger partial charge in [0.15, 0.2) is 0 Å². The van der Waals surface area contributed by atoms with Crippen LogP contribution < -0.4 is 0 Å². The molecule has 0 radical (unpaired) electrons. The quantitative estimate of drug-likeness (QED) is 0.851. The summed E-state index contributed by atoms with van der Waals surface area (Å²) in [4.78, 5) is 27.5. The van der Waals surface area contributed by atoms with E-state index in [1.165, 1.54) is 0 Å². The summed E-state index contributed by atoms with van der Waals surface area (Å²) in [5.41, 5.74) is 0. The van der Waals surface area contributed by atoms with Crippen LogP contribution in [0.15, 0.2) is 0 Å². The van der Waals surface area contributed by atoms with Crippen molar-refractivity contribution in [3.05, 3.63) is 0 Å². The number of hydrogen-bond donors (Lipinski definition) is 1. The van der Waals surface area contributed by atoms with Crippen LogP contribution in [0.25, 0.3) is 0 Å². The van der Waals surface area contributed by atoms with Gasteiger partial charge in [0.25, 0.3) is 0 Å². The van der Waals surface area contributed by atoms with E-state index in [9.17, 15) is 14.7 Å². The van der Waals surface area contributed by atoms with E-state index in [2.05, 4.69) is 6.92 Å². The van der Waals surface area contributed by atoms with Gasteiger partial charge >= 0.3 is 12.0 Å². The van der Waals surface area contributed by atoms with Crippen LogP contribution in [-0.2, 0) is 4.79 Å². The molecule has 2 fully saturated rings. The minimum atomic E-state index is -0.859. The summed E-state index contributed by atoms with van der Waals surface area (Å²) in [6.45, 7) is 3.38. The second-order valence-corrected chi connectivity index (χ2v) is 5.60. The van der Waals surface area contributed by atoms with Gasteiger partial charge in [-0.2, -0.15) is 0 Å². The van der Waals surface area contributed by atoms with Crippen molar-refractivity contribution in [2.24, 2.45) is 0 Å². The Kier molecular flexibility index (Phi) is 4.66. The van der Waals surface area contributed by atoms with Crippen molar-refractivity contribution in [1.82, 2.24) is 9.80 Å². The fourth-order valence-electron chi connectivity index (χ4n) is 2.82. The van der Waals surface area contributed by atoms with Crippen LogP contribution in [0.5, 0.6) is 0 Å². The van der Waals surface area contributed by atoms with Crippen molar-refractivity contribution in [3.8, 4) is 0 Å². The SMILES string of the molecule is CCCN(C(=O)N1CCCCCC1C(=O)O)C1CC1. The van der Waals surface area contributed by atoms with Gasteiger partial charge in [-0.1, -0.05) is 19.8 Å². The van der Waals surface area contributed by atoms with Gasteiger partial charge in [0.05, 0.1) is 0 Å². The van der Waals surface area contributed by atoms with Crippen molar-refractivity contribution in [2.75, 3.05) is 13.1 Å². The summed E-state index contributed by atoms with van der Waals surface area (Å²) >= 11 is 0. The number of carbonyl (C=O) groups excluding carboxylic acids is 1. The molecule has 108 valence electrons. The van der Waals surface area contributed by atoms with Gasteiger partial charge in [-0.25, -0.2) is 9.59 Å². The first kappa shape index (κ1) is 14.2. The first-order chi connectivity index (χ1) is 9.15. The van der Waals surface area contributed by atoms with Crippen LogP contribution in [0, 0.1) is 0 Å². The van der Waals surface area contributed by atoms with E-state index >= 15 is 0 Å². The molecule has 0 aromatic carbocycles. The molecule has 1 heterocycles. The zero-order valence-corrected chi connectivity index (χ0v) is 11.7. The van der Waals surface area contributed by atoms with Gasteiger partial charge in [-0.15, -0.1) is 0 Å². The Morgan fingerprint density at radius 3 is 2.53 bits per heavy atom. The minimum Gasteiger partial charge on any atom is -0.480 e. The molecule has 5 nitrogen and oxygen atoms in total. The lowest BCUT2D eigenvalue weighted by atomic mass is 10.1. The lowest BCUT2D eigenvalue weighted by molar-refractivity contribution is -0.142. The van der Waals surface area contributed by atoms with Crippen LogP contribution in [0.1, 0.15) is 51.9 Å². The van der Waals surface area contributed by atoms with E-state index in [4.69, 9.17) is 0 Å². The van der Waals surface area contributed by atoms with Gasteiger partial charge in [0.2, 0.25) is 0 Å². The number of hydrogen-bond acceptors (Lipinski definition) is 2. The number of rotatable bonds is 4. The molecule has 1 saturated heterocycles. The van der Waals surface area contributed by atoms with Crippen molar-refractivity contribution in [1.29, 1.82) is 0 Å². The first-order valence-corrected chi connectivity index (χ1v) is 7.45. The summed E-state index contributed by atoms with van der Waals surface area (Å²) in [6, 6.07) is -0.336. The van der Waals surface area contributed by atoms with Gasteiger partial charge < -0.3 is 14.9 Å². The Morgan fingerprint density at radius 1 is 1.21 bits per heavy atom.